The summed E-state index contributed by atoms with van der Waals surface area (Å²) >= 11 is 0. The third-order valence-corrected chi connectivity index (χ3v) is 1.49. The van der Waals surface area contributed by atoms with Crippen LogP contribution in [0.15, 0.2) is 24.5 Å². The number of hydrogen-bond donors (Lipinski definition) is 1. The van der Waals surface area contributed by atoms with Crippen LogP contribution in [0, 0.1) is 0 Å². The molecule has 0 amide bonds. The number of ether oxygens (including phenoxy) is 1. The molecule has 3 heteroatoms. The maximum absolute atomic E-state index is 9.11. The first-order valence-electron chi connectivity index (χ1n) is 3.62. The monoisotopic (exact) mass is 165 g/mol. The summed E-state index contributed by atoms with van der Waals surface area (Å²) in [4.78, 5) is 3.83. The van der Waals surface area contributed by atoms with Gasteiger partial charge in [-0.1, -0.05) is 0 Å². The third-order valence-electron chi connectivity index (χ3n) is 1.49. The summed E-state index contributed by atoms with van der Waals surface area (Å²) in [6.45, 7) is 1.86. The molecule has 0 spiro atoms. The second-order valence-corrected chi connectivity index (χ2v) is 2.29. The molecule has 0 aliphatic carbocycles. The van der Waals surface area contributed by atoms with E-state index >= 15 is 0 Å². The van der Waals surface area contributed by atoms with E-state index in [1.807, 2.05) is 13.0 Å². The molecule has 0 aliphatic heterocycles. The molecule has 0 atom stereocenters. The molecule has 12 heavy (non-hydrogen) atoms. The maximum atomic E-state index is 9.11. The summed E-state index contributed by atoms with van der Waals surface area (Å²) in [5.74, 6) is 0.849. The van der Waals surface area contributed by atoms with Crippen molar-refractivity contribution in [2.24, 2.45) is 0 Å². The lowest BCUT2D eigenvalue weighted by Gasteiger charge is -2.04. The third kappa shape index (κ3) is 1.75. The highest BCUT2D eigenvalue weighted by Gasteiger charge is 2.00. The minimum Gasteiger partial charge on any atom is -0.506 e. The second kappa shape index (κ2) is 3.76. The SMILES string of the molecule is CC=C(OC)c1cncc(O)c1. The zero-order valence-corrected chi connectivity index (χ0v) is 7.11. The first-order valence-corrected chi connectivity index (χ1v) is 3.62. The van der Waals surface area contributed by atoms with Crippen LogP contribution in [0.3, 0.4) is 0 Å². The molecule has 1 heterocycles. The van der Waals surface area contributed by atoms with Gasteiger partial charge in [0.25, 0.3) is 0 Å². The largest absolute Gasteiger partial charge is 0.506 e. The fourth-order valence-corrected chi connectivity index (χ4v) is 0.965. The fraction of sp³-hybridized carbons (Fsp3) is 0.222. The number of aromatic nitrogens is 1. The Morgan fingerprint density at radius 1 is 1.58 bits per heavy atom. The van der Waals surface area contributed by atoms with Crippen LogP contribution in [0.2, 0.25) is 0 Å². The lowest BCUT2D eigenvalue weighted by atomic mass is 10.2. The van der Waals surface area contributed by atoms with Gasteiger partial charge >= 0.3 is 0 Å². The second-order valence-electron chi connectivity index (χ2n) is 2.29. The van der Waals surface area contributed by atoms with Gasteiger partial charge in [-0.3, -0.25) is 4.98 Å². The van der Waals surface area contributed by atoms with Crippen molar-refractivity contribution in [2.75, 3.05) is 7.11 Å². The number of hydrogen-bond acceptors (Lipinski definition) is 3. The van der Waals surface area contributed by atoms with E-state index in [0.717, 1.165) is 5.56 Å². The Morgan fingerprint density at radius 2 is 2.33 bits per heavy atom. The van der Waals surface area contributed by atoms with Crippen molar-refractivity contribution >= 4 is 5.76 Å². The number of methoxy groups -OCH3 is 1. The van der Waals surface area contributed by atoms with Crippen LogP contribution in [0.1, 0.15) is 12.5 Å². The van der Waals surface area contributed by atoms with E-state index in [0.29, 0.717) is 5.76 Å². The normalized spacial score (nSPS) is 11.3. The molecule has 1 aromatic rings. The minimum absolute atomic E-state index is 0.143. The van der Waals surface area contributed by atoms with Crippen LogP contribution in [-0.2, 0) is 4.74 Å². The predicted molar refractivity (Wildman–Crippen MR) is 46.6 cm³/mol. The van der Waals surface area contributed by atoms with Gasteiger partial charge in [-0.2, -0.15) is 0 Å². The van der Waals surface area contributed by atoms with Gasteiger partial charge in [0.1, 0.15) is 11.5 Å². The van der Waals surface area contributed by atoms with Crippen molar-refractivity contribution in [3.05, 3.63) is 30.1 Å². The molecule has 0 radical (unpaired) electrons. The van der Waals surface area contributed by atoms with E-state index in [2.05, 4.69) is 4.98 Å². The molecule has 0 saturated carbocycles. The first-order chi connectivity index (χ1) is 5.77. The molecule has 3 nitrogen and oxygen atoms in total. The number of nitrogens with zero attached hydrogens (tertiary/aromatic N) is 1. The van der Waals surface area contributed by atoms with Crippen LogP contribution in [0.4, 0.5) is 0 Å². The van der Waals surface area contributed by atoms with Crippen LogP contribution in [0.25, 0.3) is 5.76 Å². The van der Waals surface area contributed by atoms with Crippen molar-refractivity contribution in [1.29, 1.82) is 0 Å². The minimum atomic E-state index is 0.143. The Labute approximate surface area is 71.3 Å². The molecule has 1 rings (SSSR count). The fourth-order valence-electron chi connectivity index (χ4n) is 0.965. The molecule has 1 aromatic heterocycles. The molecular weight excluding hydrogens is 154 g/mol. The Bertz CT molecular complexity index is 294. The van der Waals surface area contributed by atoms with Crippen LogP contribution >= 0.6 is 0 Å². The lowest BCUT2D eigenvalue weighted by Crippen LogP contribution is -1.87. The van der Waals surface area contributed by atoms with Gasteiger partial charge in [-0.15, -0.1) is 0 Å². The molecule has 0 aliphatic rings. The van der Waals surface area contributed by atoms with Crippen molar-refractivity contribution in [3.8, 4) is 5.75 Å². The first kappa shape index (κ1) is 8.59. The van der Waals surface area contributed by atoms with E-state index < -0.39 is 0 Å². The van der Waals surface area contributed by atoms with Crippen LogP contribution in [-0.4, -0.2) is 17.2 Å². The molecule has 0 aromatic carbocycles. The maximum Gasteiger partial charge on any atom is 0.134 e. The quantitative estimate of drug-likeness (QED) is 0.679. The van der Waals surface area contributed by atoms with E-state index in [1.54, 1.807) is 19.4 Å². The predicted octanol–water partition coefficient (Wildman–Crippen LogP) is 1.79. The highest BCUT2D eigenvalue weighted by Crippen LogP contribution is 2.17. The smallest absolute Gasteiger partial charge is 0.134 e. The number of allylic oxidation sites excluding steroid dienone is 1. The van der Waals surface area contributed by atoms with Crippen LogP contribution < -0.4 is 0 Å². The molecule has 0 saturated heterocycles. The van der Waals surface area contributed by atoms with E-state index in [9.17, 15) is 0 Å². The molecule has 0 unspecified atom stereocenters. The number of pyridine rings is 1. The summed E-state index contributed by atoms with van der Waals surface area (Å²) in [7, 11) is 1.58. The van der Waals surface area contributed by atoms with Crippen molar-refractivity contribution in [3.63, 3.8) is 0 Å². The molecule has 0 bridgehead atoms. The van der Waals surface area contributed by atoms with E-state index in [-0.39, 0.29) is 5.75 Å². The molecule has 64 valence electrons. The Kier molecular flexibility index (Phi) is 2.69. The molecular formula is C9H11NO2. The summed E-state index contributed by atoms with van der Waals surface area (Å²) in [5, 5.41) is 9.11. The summed E-state index contributed by atoms with van der Waals surface area (Å²) in [6.07, 6.45) is 4.83. The Balaban J connectivity index is 3.02. The molecule has 0 fully saturated rings. The zero-order valence-electron chi connectivity index (χ0n) is 7.11. The number of rotatable bonds is 2. The standard InChI is InChI=1S/C9H11NO2/c1-3-9(12-2)7-4-8(11)6-10-5-7/h3-6,11H,1-2H3. The van der Waals surface area contributed by atoms with Gasteiger partial charge in [0.2, 0.25) is 0 Å². The molecule has 1 N–H and O–H groups in total. The summed E-state index contributed by atoms with van der Waals surface area (Å²) < 4.78 is 5.05. The van der Waals surface area contributed by atoms with E-state index in [4.69, 9.17) is 9.84 Å². The average molecular weight is 165 g/mol. The zero-order chi connectivity index (χ0) is 8.97. The van der Waals surface area contributed by atoms with Crippen molar-refractivity contribution in [1.82, 2.24) is 4.98 Å². The van der Waals surface area contributed by atoms with Crippen LogP contribution in [0.5, 0.6) is 5.75 Å². The summed E-state index contributed by atoms with van der Waals surface area (Å²) in [5.41, 5.74) is 0.778. The number of aromatic hydroxyl groups is 1. The Hall–Kier alpha value is -1.51. The van der Waals surface area contributed by atoms with Gasteiger partial charge in [-0.05, 0) is 19.1 Å². The highest BCUT2D eigenvalue weighted by molar-refractivity contribution is 5.59. The topological polar surface area (TPSA) is 42.4 Å². The Morgan fingerprint density at radius 3 is 2.83 bits per heavy atom. The van der Waals surface area contributed by atoms with E-state index in [1.165, 1.54) is 6.20 Å². The van der Waals surface area contributed by atoms with Crippen molar-refractivity contribution in [2.45, 2.75) is 6.92 Å². The highest BCUT2D eigenvalue weighted by atomic mass is 16.5. The van der Waals surface area contributed by atoms with Gasteiger partial charge in [0.05, 0.1) is 13.3 Å². The lowest BCUT2D eigenvalue weighted by molar-refractivity contribution is 0.368. The van der Waals surface area contributed by atoms with Gasteiger partial charge < -0.3 is 9.84 Å². The van der Waals surface area contributed by atoms with Gasteiger partial charge in [0.15, 0.2) is 0 Å². The van der Waals surface area contributed by atoms with Crippen molar-refractivity contribution < 1.29 is 9.84 Å². The van der Waals surface area contributed by atoms with Gasteiger partial charge in [-0.25, -0.2) is 0 Å². The summed E-state index contributed by atoms with van der Waals surface area (Å²) in [6, 6.07) is 1.60. The van der Waals surface area contributed by atoms with Gasteiger partial charge in [0, 0.05) is 11.8 Å². The average Bonchev–Trinajstić information content (AvgIpc) is 2.07.